The first-order valence-corrected chi connectivity index (χ1v) is 8.80. The van der Waals surface area contributed by atoms with Crippen molar-refractivity contribution < 1.29 is 4.79 Å². The molecular formula is C17H23N3OS. The molecule has 0 spiro atoms. The van der Waals surface area contributed by atoms with E-state index in [4.69, 9.17) is 0 Å². The first-order valence-electron chi connectivity index (χ1n) is 7.65. The van der Waals surface area contributed by atoms with Crippen molar-refractivity contribution in [2.24, 2.45) is 0 Å². The van der Waals surface area contributed by atoms with Gasteiger partial charge in [0.2, 0.25) is 5.91 Å². The average molecular weight is 317 g/mol. The second kappa shape index (κ2) is 8.63. The minimum absolute atomic E-state index is 0.0373. The molecule has 0 aliphatic heterocycles. The standard InChI is InChI=1S/C17H23N3OS/c1-3-4-10-22-13-17(21)18-16-11-14(2)19-20(16)12-15-8-6-5-7-9-15/h5-9,11H,3-4,10,12-13H2,1-2H3,(H,18,21). The van der Waals surface area contributed by atoms with Crippen LogP contribution in [-0.2, 0) is 11.3 Å². The predicted molar refractivity (Wildman–Crippen MR) is 93.4 cm³/mol. The maximum absolute atomic E-state index is 12.0. The second-order valence-corrected chi connectivity index (χ2v) is 6.37. The zero-order valence-corrected chi connectivity index (χ0v) is 14.0. The number of thioether (sulfide) groups is 1. The molecule has 0 unspecified atom stereocenters. The first kappa shape index (κ1) is 16.6. The van der Waals surface area contributed by atoms with Crippen molar-refractivity contribution in [1.82, 2.24) is 9.78 Å². The number of aromatic nitrogens is 2. The Hall–Kier alpha value is -1.75. The molecule has 1 aromatic carbocycles. The number of amides is 1. The Morgan fingerprint density at radius 2 is 2.09 bits per heavy atom. The number of nitrogens with one attached hydrogen (secondary N) is 1. The third kappa shape index (κ3) is 5.22. The number of unbranched alkanes of at least 4 members (excludes halogenated alkanes) is 1. The van der Waals surface area contributed by atoms with Gasteiger partial charge in [-0.05, 0) is 24.7 Å². The van der Waals surface area contributed by atoms with E-state index in [1.165, 1.54) is 5.56 Å². The number of carbonyl (C=O) groups excluding carboxylic acids is 1. The number of carbonyl (C=O) groups is 1. The minimum atomic E-state index is 0.0373. The second-order valence-electron chi connectivity index (χ2n) is 5.27. The molecule has 0 atom stereocenters. The number of aryl methyl sites for hydroxylation is 1. The van der Waals surface area contributed by atoms with Crippen LogP contribution in [0.2, 0.25) is 0 Å². The molecule has 0 bridgehead atoms. The molecule has 118 valence electrons. The summed E-state index contributed by atoms with van der Waals surface area (Å²) in [5, 5.41) is 7.43. The first-order chi connectivity index (χ1) is 10.7. The molecular weight excluding hydrogens is 294 g/mol. The fourth-order valence-electron chi connectivity index (χ4n) is 2.11. The van der Waals surface area contributed by atoms with Gasteiger partial charge in [0.25, 0.3) is 0 Å². The van der Waals surface area contributed by atoms with E-state index in [2.05, 4.69) is 29.5 Å². The number of hydrogen-bond donors (Lipinski definition) is 1. The highest BCUT2D eigenvalue weighted by molar-refractivity contribution is 7.99. The summed E-state index contributed by atoms with van der Waals surface area (Å²) in [6, 6.07) is 12.0. The van der Waals surface area contributed by atoms with Crippen LogP contribution in [0.3, 0.4) is 0 Å². The van der Waals surface area contributed by atoms with Crippen molar-refractivity contribution in [3.63, 3.8) is 0 Å². The van der Waals surface area contributed by atoms with Gasteiger partial charge in [0.1, 0.15) is 5.82 Å². The third-order valence-electron chi connectivity index (χ3n) is 3.22. The van der Waals surface area contributed by atoms with Crippen molar-refractivity contribution in [3.8, 4) is 0 Å². The molecule has 1 N–H and O–H groups in total. The van der Waals surface area contributed by atoms with Gasteiger partial charge in [-0.25, -0.2) is 4.68 Å². The summed E-state index contributed by atoms with van der Waals surface area (Å²) in [4.78, 5) is 12.0. The summed E-state index contributed by atoms with van der Waals surface area (Å²) in [5.74, 6) is 2.33. The van der Waals surface area contributed by atoms with Gasteiger partial charge in [0.15, 0.2) is 0 Å². The van der Waals surface area contributed by atoms with Crippen LogP contribution < -0.4 is 5.32 Å². The average Bonchev–Trinajstić information content (AvgIpc) is 2.84. The normalized spacial score (nSPS) is 10.6. The van der Waals surface area contributed by atoms with Crippen LogP contribution in [-0.4, -0.2) is 27.2 Å². The summed E-state index contributed by atoms with van der Waals surface area (Å²) in [5.41, 5.74) is 2.07. The molecule has 0 saturated heterocycles. The molecule has 0 saturated carbocycles. The van der Waals surface area contributed by atoms with Gasteiger partial charge >= 0.3 is 0 Å². The molecule has 1 amide bonds. The number of benzene rings is 1. The van der Waals surface area contributed by atoms with Crippen LogP contribution in [0.25, 0.3) is 0 Å². The maximum atomic E-state index is 12.0. The zero-order chi connectivity index (χ0) is 15.8. The topological polar surface area (TPSA) is 46.9 Å². The summed E-state index contributed by atoms with van der Waals surface area (Å²) in [7, 11) is 0. The largest absolute Gasteiger partial charge is 0.310 e. The van der Waals surface area contributed by atoms with E-state index < -0.39 is 0 Å². The molecule has 1 aromatic heterocycles. The Bertz CT molecular complexity index is 595. The van der Waals surface area contributed by atoms with Crippen molar-refractivity contribution in [3.05, 3.63) is 47.7 Å². The van der Waals surface area contributed by atoms with E-state index in [9.17, 15) is 4.79 Å². The Balaban J connectivity index is 1.95. The van der Waals surface area contributed by atoms with Crippen LogP contribution in [0.4, 0.5) is 5.82 Å². The van der Waals surface area contributed by atoms with Crippen molar-refractivity contribution in [2.45, 2.75) is 33.2 Å². The summed E-state index contributed by atoms with van der Waals surface area (Å²) < 4.78 is 1.85. The molecule has 0 fully saturated rings. The van der Waals surface area contributed by atoms with E-state index in [1.807, 2.05) is 35.9 Å². The molecule has 0 aliphatic rings. The lowest BCUT2D eigenvalue weighted by molar-refractivity contribution is -0.113. The molecule has 2 rings (SSSR count). The lowest BCUT2D eigenvalue weighted by atomic mass is 10.2. The SMILES string of the molecule is CCCCSCC(=O)Nc1cc(C)nn1Cc1ccccc1. The molecule has 2 aromatic rings. The fraction of sp³-hybridized carbons (Fsp3) is 0.412. The summed E-state index contributed by atoms with van der Waals surface area (Å²) in [6.45, 7) is 4.76. The molecule has 1 heterocycles. The molecule has 22 heavy (non-hydrogen) atoms. The number of hydrogen-bond acceptors (Lipinski definition) is 3. The number of nitrogens with zero attached hydrogens (tertiary/aromatic N) is 2. The summed E-state index contributed by atoms with van der Waals surface area (Å²) >= 11 is 1.68. The van der Waals surface area contributed by atoms with Crippen LogP contribution in [0, 0.1) is 6.92 Å². The van der Waals surface area contributed by atoms with Gasteiger partial charge < -0.3 is 5.32 Å². The Morgan fingerprint density at radius 1 is 1.32 bits per heavy atom. The van der Waals surface area contributed by atoms with E-state index in [0.29, 0.717) is 12.3 Å². The third-order valence-corrected chi connectivity index (χ3v) is 4.26. The van der Waals surface area contributed by atoms with E-state index in [0.717, 1.165) is 30.1 Å². The van der Waals surface area contributed by atoms with Gasteiger partial charge in [-0.1, -0.05) is 43.7 Å². The molecule has 0 radical (unpaired) electrons. The van der Waals surface area contributed by atoms with Crippen LogP contribution in [0.5, 0.6) is 0 Å². The highest BCUT2D eigenvalue weighted by Crippen LogP contribution is 2.14. The lowest BCUT2D eigenvalue weighted by Gasteiger charge is -2.09. The Labute approximate surface area is 136 Å². The monoisotopic (exact) mass is 317 g/mol. The van der Waals surface area contributed by atoms with Crippen LogP contribution >= 0.6 is 11.8 Å². The van der Waals surface area contributed by atoms with Gasteiger partial charge in [-0.2, -0.15) is 16.9 Å². The highest BCUT2D eigenvalue weighted by Gasteiger charge is 2.09. The van der Waals surface area contributed by atoms with Crippen LogP contribution in [0.1, 0.15) is 31.0 Å². The fourth-order valence-corrected chi connectivity index (χ4v) is 3.01. The molecule has 0 aliphatic carbocycles. The Kier molecular flexibility index (Phi) is 6.52. The maximum Gasteiger partial charge on any atom is 0.235 e. The van der Waals surface area contributed by atoms with Gasteiger partial charge in [-0.3, -0.25) is 4.79 Å². The van der Waals surface area contributed by atoms with Crippen molar-refractivity contribution in [2.75, 3.05) is 16.8 Å². The zero-order valence-electron chi connectivity index (χ0n) is 13.2. The highest BCUT2D eigenvalue weighted by atomic mass is 32.2. The quantitative estimate of drug-likeness (QED) is 0.755. The van der Waals surface area contributed by atoms with E-state index >= 15 is 0 Å². The van der Waals surface area contributed by atoms with E-state index in [1.54, 1.807) is 11.8 Å². The summed E-state index contributed by atoms with van der Waals surface area (Å²) in [6.07, 6.45) is 2.32. The Morgan fingerprint density at radius 3 is 2.82 bits per heavy atom. The molecule has 5 heteroatoms. The lowest BCUT2D eigenvalue weighted by Crippen LogP contribution is -2.18. The minimum Gasteiger partial charge on any atom is -0.310 e. The van der Waals surface area contributed by atoms with Gasteiger partial charge in [0, 0.05) is 6.07 Å². The van der Waals surface area contributed by atoms with E-state index in [-0.39, 0.29) is 5.91 Å². The smallest absolute Gasteiger partial charge is 0.235 e. The van der Waals surface area contributed by atoms with Crippen molar-refractivity contribution in [1.29, 1.82) is 0 Å². The number of rotatable bonds is 8. The van der Waals surface area contributed by atoms with Crippen molar-refractivity contribution >= 4 is 23.5 Å². The van der Waals surface area contributed by atoms with Crippen LogP contribution in [0.15, 0.2) is 36.4 Å². The predicted octanol–water partition coefficient (Wildman–Crippen LogP) is 3.71. The van der Waals surface area contributed by atoms with Gasteiger partial charge in [-0.15, -0.1) is 0 Å². The van der Waals surface area contributed by atoms with Gasteiger partial charge in [0.05, 0.1) is 18.0 Å². The molecule has 4 nitrogen and oxygen atoms in total. The number of anilines is 1.